The van der Waals surface area contributed by atoms with Gasteiger partial charge in [0.25, 0.3) is 0 Å². The Kier molecular flexibility index (Phi) is 5.23. The Hall–Kier alpha value is -0.840. The minimum absolute atomic E-state index is 0.100. The Morgan fingerprint density at radius 1 is 1.39 bits per heavy atom. The average molecular weight is 253 g/mol. The van der Waals surface area contributed by atoms with E-state index in [0.717, 1.165) is 24.7 Å². The van der Waals surface area contributed by atoms with Crippen LogP contribution < -0.4 is 5.32 Å². The second-order valence-corrected chi connectivity index (χ2v) is 4.80. The highest BCUT2D eigenvalue weighted by Crippen LogP contribution is 2.19. The SMILES string of the molecule is CCOCC(C)OCc1ccc(CNC2CC2)o1. The molecule has 1 aliphatic carbocycles. The number of nitrogens with one attached hydrogen (secondary N) is 1. The zero-order valence-electron chi connectivity index (χ0n) is 11.3. The first kappa shape index (κ1) is 13.6. The smallest absolute Gasteiger partial charge is 0.129 e. The van der Waals surface area contributed by atoms with Gasteiger partial charge in [0.1, 0.15) is 18.1 Å². The van der Waals surface area contributed by atoms with Crippen LogP contribution in [0.4, 0.5) is 0 Å². The molecular formula is C14H23NO3. The fourth-order valence-corrected chi connectivity index (χ4v) is 1.68. The van der Waals surface area contributed by atoms with Crippen LogP contribution in [0, 0.1) is 0 Å². The average Bonchev–Trinajstić information content (AvgIpc) is 3.10. The summed E-state index contributed by atoms with van der Waals surface area (Å²) in [5.41, 5.74) is 0. The molecule has 0 spiro atoms. The molecule has 4 nitrogen and oxygen atoms in total. The third-order valence-electron chi connectivity index (χ3n) is 2.93. The maximum atomic E-state index is 5.69. The summed E-state index contributed by atoms with van der Waals surface area (Å²) in [7, 11) is 0. The Labute approximate surface area is 109 Å². The number of hydrogen-bond donors (Lipinski definition) is 1. The first-order valence-electron chi connectivity index (χ1n) is 6.78. The Balaban J connectivity index is 1.65. The summed E-state index contributed by atoms with van der Waals surface area (Å²) in [5, 5.41) is 3.42. The van der Waals surface area contributed by atoms with Crippen LogP contribution in [0.25, 0.3) is 0 Å². The molecule has 1 aromatic heterocycles. The molecule has 1 heterocycles. The molecule has 0 bridgehead atoms. The highest BCUT2D eigenvalue weighted by molar-refractivity contribution is 5.06. The molecule has 1 fully saturated rings. The van der Waals surface area contributed by atoms with Gasteiger partial charge in [-0.05, 0) is 38.8 Å². The van der Waals surface area contributed by atoms with E-state index in [1.54, 1.807) is 0 Å². The summed E-state index contributed by atoms with van der Waals surface area (Å²) in [5.74, 6) is 1.86. The minimum Gasteiger partial charge on any atom is -0.462 e. The highest BCUT2D eigenvalue weighted by Gasteiger charge is 2.20. The first-order chi connectivity index (χ1) is 8.78. The van der Waals surface area contributed by atoms with Crippen molar-refractivity contribution < 1.29 is 13.9 Å². The van der Waals surface area contributed by atoms with Crippen LogP contribution in [0.3, 0.4) is 0 Å². The lowest BCUT2D eigenvalue weighted by Gasteiger charge is -2.11. The fourth-order valence-electron chi connectivity index (χ4n) is 1.68. The normalized spacial score (nSPS) is 17.0. The van der Waals surface area contributed by atoms with Crippen molar-refractivity contribution in [1.82, 2.24) is 5.32 Å². The summed E-state index contributed by atoms with van der Waals surface area (Å²) in [6, 6.07) is 4.71. The summed E-state index contributed by atoms with van der Waals surface area (Å²) < 4.78 is 16.6. The monoisotopic (exact) mass is 253 g/mol. The predicted molar refractivity (Wildman–Crippen MR) is 69.3 cm³/mol. The van der Waals surface area contributed by atoms with Crippen molar-refractivity contribution in [2.75, 3.05) is 13.2 Å². The molecule has 1 N–H and O–H groups in total. The topological polar surface area (TPSA) is 43.6 Å². The second-order valence-electron chi connectivity index (χ2n) is 4.80. The molecule has 0 aliphatic heterocycles. The number of rotatable bonds is 9. The third-order valence-corrected chi connectivity index (χ3v) is 2.93. The van der Waals surface area contributed by atoms with Crippen LogP contribution in [-0.2, 0) is 22.6 Å². The van der Waals surface area contributed by atoms with Crippen molar-refractivity contribution in [2.24, 2.45) is 0 Å². The summed E-state index contributed by atoms with van der Waals surface area (Å²) in [6.07, 6.45) is 2.69. The summed E-state index contributed by atoms with van der Waals surface area (Å²) in [6.45, 7) is 6.68. The molecule has 1 aliphatic rings. The molecule has 0 aromatic carbocycles. The van der Waals surface area contributed by atoms with Crippen LogP contribution in [0.2, 0.25) is 0 Å². The lowest BCUT2D eigenvalue weighted by Crippen LogP contribution is -2.15. The van der Waals surface area contributed by atoms with Gasteiger partial charge in [0.2, 0.25) is 0 Å². The van der Waals surface area contributed by atoms with E-state index >= 15 is 0 Å². The van der Waals surface area contributed by atoms with Crippen molar-refractivity contribution in [3.63, 3.8) is 0 Å². The largest absolute Gasteiger partial charge is 0.462 e. The van der Waals surface area contributed by atoms with Crippen molar-refractivity contribution in [2.45, 2.75) is 52.0 Å². The third kappa shape index (κ3) is 4.80. The Morgan fingerprint density at radius 2 is 2.17 bits per heavy atom. The van der Waals surface area contributed by atoms with Crippen molar-refractivity contribution in [3.8, 4) is 0 Å². The molecule has 0 amide bonds. The summed E-state index contributed by atoms with van der Waals surface area (Å²) >= 11 is 0. The number of hydrogen-bond acceptors (Lipinski definition) is 4. The summed E-state index contributed by atoms with van der Waals surface area (Å²) in [4.78, 5) is 0. The number of ether oxygens (including phenoxy) is 2. The lowest BCUT2D eigenvalue weighted by molar-refractivity contribution is -0.0173. The van der Waals surface area contributed by atoms with Gasteiger partial charge in [0, 0.05) is 12.6 Å². The molecule has 0 saturated heterocycles. The molecule has 0 radical (unpaired) electrons. The van der Waals surface area contributed by atoms with Gasteiger partial charge in [-0.2, -0.15) is 0 Å². The molecule has 1 unspecified atom stereocenters. The molecule has 1 saturated carbocycles. The van der Waals surface area contributed by atoms with Crippen molar-refractivity contribution >= 4 is 0 Å². The zero-order valence-corrected chi connectivity index (χ0v) is 11.3. The van der Waals surface area contributed by atoms with Gasteiger partial charge >= 0.3 is 0 Å². The van der Waals surface area contributed by atoms with E-state index in [1.165, 1.54) is 12.8 Å². The van der Waals surface area contributed by atoms with Crippen molar-refractivity contribution in [3.05, 3.63) is 23.7 Å². The quantitative estimate of drug-likeness (QED) is 0.734. The van der Waals surface area contributed by atoms with Crippen LogP contribution in [0.5, 0.6) is 0 Å². The Morgan fingerprint density at radius 3 is 2.89 bits per heavy atom. The maximum absolute atomic E-state index is 5.69. The number of furan rings is 1. The molecule has 1 aromatic rings. The van der Waals surface area contributed by atoms with Crippen LogP contribution >= 0.6 is 0 Å². The van der Waals surface area contributed by atoms with Gasteiger partial charge in [-0.3, -0.25) is 0 Å². The van der Waals surface area contributed by atoms with E-state index in [1.807, 2.05) is 26.0 Å². The van der Waals surface area contributed by atoms with Crippen LogP contribution in [-0.4, -0.2) is 25.4 Å². The van der Waals surface area contributed by atoms with Gasteiger partial charge in [-0.15, -0.1) is 0 Å². The van der Waals surface area contributed by atoms with Crippen LogP contribution in [0.15, 0.2) is 16.5 Å². The van der Waals surface area contributed by atoms with Gasteiger partial charge in [-0.25, -0.2) is 0 Å². The molecule has 102 valence electrons. The van der Waals surface area contributed by atoms with E-state index in [-0.39, 0.29) is 6.10 Å². The van der Waals surface area contributed by atoms with E-state index in [2.05, 4.69) is 5.32 Å². The van der Waals surface area contributed by atoms with E-state index in [9.17, 15) is 0 Å². The minimum atomic E-state index is 0.100. The molecule has 4 heteroatoms. The molecule has 1 atom stereocenters. The van der Waals surface area contributed by atoms with Gasteiger partial charge in [0.15, 0.2) is 0 Å². The lowest BCUT2D eigenvalue weighted by atomic mass is 10.4. The van der Waals surface area contributed by atoms with Crippen LogP contribution in [0.1, 0.15) is 38.2 Å². The zero-order chi connectivity index (χ0) is 12.8. The van der Waals surface area contributed by atoms with E-state index in [4.69, 9.17) is 13.9 Å². The molecule has 2 rings (SSSR count). The van der Waals surface area contributed by atoms with Gasteiger partial charge in [0.05, 0.1) is 19.3 Å². The fraction of sp³-hybridized carbons (Fsp3) is 0.714. The van der Waals surface area contributed by atoms with E-state index < -0.39 is 0 Å². The first-order valence-corrected chi connectivity index (χ1v) is 6.78. The predicted octanol–water partition coefficient (Wildman–Crippen LogP) is 2.47. The second kappa shape index (κ2) is 6.92. The standard InChI is InChI=1S/C14H23NO3/c1-3-16-9-11(2)17-10-14-7-6-13(18-14)8-15-12-4-5-12/h6-7,11-12,15H,3-5,8-10H2,1-2H3. The molecular weight excluding hydrogens is 230 g/mol. The van der Waals surface area contributed by atoms with Gasteiger partial charge in [-0.1, -0.05) is 0 Å². The van der Waals surface area contributed by atoms with E-state index in [0.29, 0.717) is 19.3 Å². The maximum Gasteiger partial charge on any atom is 0.129 e. The van der Waals surface area contributed by atoms with Crippen molar-refractivity contribution in [1.29, 1.82) is 0 Å². The highest BCUT2D eigenvalue weighted by atomic mass is 16.5. The van der Waals surface area contributed by atoms with Gasteiger partial charge < -0.3 is 19.2 Å². The molecule has 18 heavy (non-hydrogen) atoms. The Bertz CT molecular complexity index is 347.